The van der Waals surface area contributed by atoms with Crippen LogP contribution >= 0.6 is 0 Å². The van der Waals surface area contributed by atoms with E-state index in [-0.39, 0.29) is 11.9 Å². The van der Waals surface area contributed by atoms with Gasteiger partial charge in [0.05, 0.1) is 29.7 Å². The Hall–Kier alpha value is -3.60. The Bertz CT molecular complexity index is 1150. The standard InChI is InChI=1S/C25H25N3O2/c1-18(19-10-4-3-5-11-19)28-22-14-8-7-13-21(22)27-24(28)16-17-26-25(29)20-12-6-9-15-23(20)30-2/h3-15,18H,16-17H2,1-2H3,(H,26,29). The lowest BCUT2D eigenvalue weighted by Gasteiger charge is -2.18. The summed E-state index contributed by atoms with van der Waals surface area (Å²) >= 11 is 0. The molecule has 1 N–H and O–H groups in total. The van der Waals surface area contributed by atoms with Crippen LogP contribution in [-0.4, -0.2) is 29.1 Å². The van der Waals surface area contributed by atoms with Crippen LogP contribution in [0.1, 0.15) is 34.7 Å². The van der Waals surface area contributed by atoms with Crippen molar-refractivity contribution in [3.63, 3.8) is 0 Å². The summed E-state index contributed by atoms with van der Waals surface area (Å²) in [5, 5.41) is 3.00. The van der Waals surface area contributed by atoms with E-state index < -0.39 is 0 Å². The van der Waals surface area contributed by atoms with Gasteiger partial charge in [-0.3, -0.25) is 4.79 Å². The van der Waals surface area contributed by atoms with Crippen molar-refractivity contribution in [3.05, 3.63) is 95.8 Å². The predicted octanol–water partition coefficient (Wildman–Crippen LogP) is 4.63. The van der Waals surface area contributed by atoms with Gasteiger partial charge < -0.3 is 14.6 Å². The van der Waals surface area contributed by atoms with Gasteiger partial charge in [0.15, 0.2) is 0 Å². The minimum atomic E-state index is -0.147. The number of carbonyl (C=O) groups excluding carboxylic acids is 1. The monoisotopic (exact) mass is 399 g/mol. The Kier molecular flexibility index (Phi) is 5.80. The van der Waals surface area contributed by atoms with Crippen molar-refractivity contribution < 1.29 is 9.53 Å². The van der Waals surface area contributed by atoms with E-state index in [4.69, 9.17) is 9.72 Å². The molecule has 1 heterocycles. The minimum absolute atomic E-state index is 0.138. The second-order valence-corrected chi connectivity index (χ2v) is 7.18. The van der Waals surface area contributed by atoms with E-state index in [0.29, 0.717) is 24.3 Å². The van der Waals surface area contributed by atoms with Crippen molar-refractivity contribution in [3.8, 4) is 5.75 Å². The second-order valence-electron chi connectivity index (χ2n) is 7.18. The molecule has 0 saturated heterocycles. The topological polar surface area (TPSA) is 56.1 Å². The molecule has 0 radical (unpaired) electrons. The highest BCUT2D eigenvalue weighted by Crippen LogP contribution is 2.26. The lowest BCUT2D eigenvalue weighted by Crippen LogP contribution is -2.27. The van der Waals surface area contributed by atoms with Gasteiger partial charge in [0.1, 0.15) is 11.6 Å². The van der Waals surface area contributed by atoms with Gasteiger partial charge in [-0.05, 0) is 36.8 Å². The number of methoxy groups -OCH3 is 1. The first-order valence-corrected chi connectivity index (χ1v) is 10.1. The molecule has 0 aliphatic carbocycles. The third kappa shape index (κ3) is 3.92. The van der Waals surface area contributed by atoms with Crippen molar-refractivity contribution in [2.45, 2.75) is 19.4 Å². The molecular weight excluding hydrogens is 374 g/mol. The van der Waals surface area contributed by atoms with E-state index in [0.717, 1.165) is 16.9 Å². The Morgan fingerprint density at radius 3 is 2.50 bits per heavy atom. The summed E-state index contributed by atoms with van der Waals surface area (Å²) in [4.78, 5) is 17.5. The fraction of sp³-hybridized carbons (Fsp3) is 0.200. The van der Waals surface area contributed by atoms with Gasteiger partial charge in [-0.15, -0.1) is 0 Å². The highest BCUT2D eigenvalue weighted by molar-refractivity contribution is 5.96. The Morgan fingerprint density at radius 2 is 1.70 bits per heavy atom. The summed E-state index contributed by atoms with van der Waals surface area (Å²) in [5.74, 6) is 1.37. The number of hydrogen-bond acceptors (Lipinski definition) is 3. The highest BCUT2D eigenvalue weighted by Gasteiger charge is 2.17. The first kappa shape index (κ1) is 19.7. The lowest BCUT2D eigenvalue weighted by atomic mass is 10.1. The zero-order valence-electron chi connectivity index (χ0n) is 17.2. The molecular formula is C25H25N3O2. The number of imidazole rings is 1. The summed E-state index contributed by atoms with van der Waals surface area (Å²) in [6.07, 6.45) is 0.632. The number of benzene rings is 3. The molecule has 1 atom stereocenters. The number of para-hydroxylation sites is 3. The Balaban J connectivity index is 1.56. The molecule has 0 aliphatic heterocycles. The molecule has 1 amide bonds. The van der Waals surface area contributed by atoms with Crippen LogP contribution in [0.4, 0.5) is 0 Å². The molecule has 0 fully saturated rings. The van der Waals surface area contributed by atoms with Gasteiger partial charge >= 0.3 is 0 Å². The minimum Gasteiger partial charge on any atom is -0.496 e. The van der Waals surface area contributed by atoms with E-state index in [1.807, 2.05) is 36.4 Å². The van der Waals surface area contributed by atoms with Gasteiger partial charge in [0, 0.05) is 13.0 Å². The molecule has 1 unspecified atom stereocenters. The number of nitrogens with zero attached hydrogens (tertiary/aromatic N) is 2. The molecule has 0 bridgehead atoms. The molecule has 30 heavy (non-hydrogen) atoms. The molecule has 5 nitrogen and oxygen atoms in total. The van der Waals surface area contributed by atoms with Gasteiger partial charge in [-0.2, -0.15) is 0 Å². The number of nitrogens with one attached hydrogen (secondary N) is 1. The average Bonchev–Trinajstić information content (AvgIpc) is 3.17. The molecule has 0 saturated carbocycles. The fourth-order valence-corrected chi connectivity index (χ4v) is 3.80. The number of aromatic nitrogens is 2. The maximum Gasteiger partial charge on any atom is 0.255 e. The zero-order valence-corrected chi connectivity index (χ0v) is 17.2. The number of rotatable bonds is 7. The quantitative estimate of drug-likeness (QED) is 0.493. The summed E-state index contributed by atoms with van der Waals surface area (Å²) in [6.45, 7) is 2.67. The Morgan fingerprint density at radius 1 is 1.00 bits per heavy atom. The number of amides is 1. The number of carbonyl (C=O) groups is 1. The van der Waals surface area contributed by atoms with E-state index in [9.17, 15) is 4.79 Å². The zero-order chi connectivity index (χ0) is 20.9. The average molecular weight is 399 g/mol. The number of hydrogen-bond donors (Lipinski definition) is 1. The Labute approximate surface area is 176 Å². The van der Waals surface area contributed by atoms with E-state index in [1.165, 1.54) is 5.56 Å². The van der Waals surface area contributed by atoms with Crippen molar-refractivity contribution >= 4 is 16.9 Å². The molecule has 0 spiro atoms. The predicted molar refractivity (Wildman–Crippen MR) is 119 cm³/mol. The van der Waals surface area contributed by atoms with Crippen LogP contribution in [0, 0.1) is 0 Å². The van der Waals surface area contributed by atoms with E-state index in [2.05, 4.69) is 47.1 Å². The third-order valence-corrected chi connectivity index (χ3v) is 5.32. The molecule has 0 aliphatic rings. The highest BCUT2D eigenvalue weighted by atomic mass is 16.5. The third-order valence-electron chi connectivity index (χ3n) is 5.32. The van der Waals surface area contributed by atoms with Crippen LogP contribution in [0.3, 0.4) is 0 Å². The summed E-state index contributed by atoms with van der Waals surface area (Å²) < 4.78 is 7.56. The van der Waals surface area contributed by atoms with Crippen molar-refractivity contribution in [1.29, 1.82) is 0 Å². The van der Waals surface area contributed by atoms with Crippen molar-refractivity contribution in [2.24, 2.45) is 0 Å². The van der Waals surface area contributed by atoms with Crippen molar-refractivity contribution in [2.75, 3.05) is 13.7 Å². The normalized spacial score (nSPS) is 11.9. The van der Waals surface area contributed by atoms with Gasteiger partial charge in [-0.25, -0.2) is 4.98 Å². The van der Waals surface area contributed by atoms with Crippen LogP contribution < -0.4 is 10.1 Å². The maximum absolute atomic E-state index is 12.6. The van der Waals surface area contributed by atoms with Crippen LogP contribution in [0.2, 0.25) is 0 Å². The molecule has 152 valence electrons. The number of ether oxygens (including phenoxy) is 1. The summed E-state index contributed by atoms with van der Waals surface area (Å²) in [5.41, 5.74) is 3.82. The molecule has 1 aromatic heterocycles. The van der Waals surface area contributed by atoms with Crippen molar-refractivity contribution in [1.82, 2.24) is 14.9 Å². The fourth-order valence-electron chi connectivity index (χ4n) is 3.80. The first-order chi connectivity index (χ1) is 14.7. The molecule has 4 rings (SSSR count). The number of fused-ring (bicyclic) bond motifs is 1. The molecule has 3 aromatic carbocycles. The summed E-state index contributed by atoms with van der Waals surface area (Å²) in [6, 6.07) is 25.9. The van der Waals surface area contributed by atoms with Crippen LogP contribution in [-0.2, 0) is 6.42 Å². The van der Waals surface area contributed by atoms with Crippen LogP contribution in [0.25, 0.3) is 11.0 Å². The van der Waals surface area contributed by atoms with Gasteiger partial charge in [0.2, 0.25) is 0 Å². The first-order valence-electron chi connectivity index (χ1n) is 10.1. The molecule has 4 aromatic rings. The SMILES string of the molecule is COc1ccccc1C(=O)NCCc1nc2ccccc2n1C(C)c1ccccc1. The van der Waals surface area contributed by atoms with E-state index >= 15 is 0 Å². The smallest absolute Gasteiger partial charge is 0.255 e. The summed E-state index contributed by atoms with van der Waals surface area (Å²) in [7, 11) is 1.57. The van der Waals surface area contributed by atoms with Crippen LogP contribution in [0.15, 0.2) is 78.9 Å². The van der Waals surface area contributed by atoms with E-state index in [1.54, 1.807) is 19.2 Å². The van der Waals surface area contributed by atoms with Crippen LogP contribution in [0.5, 0.6) is 5.75 Å². The molecule has 5 heteroatoms. The van der Waals surface area contributed by atoms with Gasteiger partial charge in [0.25, 0.3) is 5.91 Å². The maximum atomic E-state index is 12.6. The largest absolute Gasteiger partial charge is 0.496 e. The second kappa shape index (κ2) is 8.82. The van der Waals surface area contributed by atoms with Gasteiger partial charge in [-0.1, -0.05) is 54.6 Å². The lowest BCUT2D eigenvalue weighted by molar-refractivity contribution is 0.0951.